The van der Waals surface area contributed by atoms with Crippen LogP contribution in [0.3, 0.4) is 0 Å². The van der Waals surface area contributed by atoms with Gasteiger partial charge in [-0.1, -0.05) is 5.16 Å². The van der Waals surface area contributed by atoms with Gasteiger partial charge in [-0.05, 0) is 18.2 Å². The van der Waals surface area contributed by atoms with E-state index in [-0.39, 0.29) is 5.69 Å². The highest BCUT2D eigenvalue weighted by Crippen LogP contribution is 2.33. The average molecular weight is 407 g/mol. The van der Waals surface area contributed by atoms with Crippen LogP contribution >= 0.6 is 0 Å². The molecule has 0 aliphatic carbocycles. The van der Waals surface area contributed by atoms with Crippen molar-refractivity contribution in [3.8, 4) is 22.8 Å². The third kappa shape index (κ3) is 3.70. The summed E-state index contributed by atoms with van der Waals surface area (Å²) in [6.07, 6.45) is 1.35. The lowest BCUT2D eigenvalue weighted by Crippen LogP contribution is -2.02. The van der Waals surface area contributed by atoms with Crippen LogP contribution in [0.15, 0.2) is 53.3 Å². The molecule has 0 amide bonds. The summed E-state index contributed by atoms with van der Waals surface area (Å²) in [7, 11) is 3.16. The minimum absolute atomic E-state index is 0.0273. The number of benzene rings is 2. The molecule has 0 aliphatic heterocycles. The summed E-state index contributed by atoms with van der Waals surface area (Å²) in [5, 5.41) is 18.9. The zero-order chi connectivity index (χ0) is 21.1. The first-order valence-electron chi connectivity index (χ1n) is 8.90. The fourth-order valence-corrected chi connectivity index (χ4v) is 3.00. The van der Waals surface area contributed by atoms with Crippen molar-refractivity contribution >= 4 is 22.4 Å². The number of methoxy groups -OCH3 is 2. The maximum absolute atomic E-state index is 11.0. The number of hydrogen-bond acceptors (Lipinski definition) is 9. The number of aromatic nitrogens is 3. The van der Waals surface area contributed by atoms with Gasteiger partial charge in [-0.15, -0.1) is 0 Å². The van der Waals surface area contributed by atoms with Gasteiger partial charge in [0.1, 0.15) is 29.3 Å². The van der Waals surface area contributed by atoms with E-state index in [1.165, 1.54) is 18.5 Å². The van der Waals surface area contributed by atoms with Gasteiger partial charge in [0.05, 0.1) is 31.2 Å². The molecule has 0 radical (unpaired) electrons. The minimum Gasteiger partial charge on any atom is -0.497 e. The Labute approximate surface area is 170 Å². The summed E-state index contributed by atoms with van der Waals surface area (Å²) in [5.74, 6) is 2.41. The molecule has 0 saturated carbocycles. The van der Waals surface area contributed by atoms with Crippen LogP contribution in [-0.4, -0.2) is 34.3 Å². The second kappa shape index (κ2) is 8.03. The van der Waals surface area contributed by atoms with Crippen molar-refractivity contribution in [1.29, 1.82) is 0 Å². The largest absolute Gasteiger partial charge is 0.497 e. The van der Waals surface area contributed by atoms with E-state index in [2.05, 4.69) is 20.4 Å². The molecule has 0 unspecified atom stereocenters. The van der Waals surface area contributed by atoms with E-state index in [9.17, 15) is 10.1 Å². The lowest BCUT2D eigenvalue weighted by molar-refractivity contribution is -0.384. The number of nitro benzene ring substituents is 1. The van der Waals surface area contributed by atoms with Crippen molar-refractivity contribution in [2.75, 3.05) is 19.5 Å². The maximum Gasteiger partial charge on any atom is 0.271 e. The number of nitrogens with one attached hydrogen (secondary N) is 1. The van der Waals surface area contributed by atoms with Gasteiger partial charge in [-0.2, -0.15) is 0 Å². The molecule has 2 aromatic heterocycles. The van der Waals surface area contributed by atoms with E-state index < -0.39 is 4.92 Å². The van der Waals surface area contributed by atoms with Crippen LogP contribution in [0.5, 0.6) is 11.5 Å². The highest BCUT2D eigenvalue weighted by molar-refractivity contribution is 5.90. The Morgan fingerprint density at radius 2 is 1.97 bits per heavy atom. The SMILES string of the molecule is COc1ccc(-c2cc(CNc3ncnc4cc([N+](=O)[O-])ccc34)on2)c(OC)c1. The van der Waals surface area contributed by atoms with Crippen LogP contribution in [0, 0.1) is 10.1 Å². The normalized spacial score (nSPS) is 10.7. The molecule has 0 bridgehead atoms. The monoisotopic (exact) mass is 407 g/mol. The number of ether oxygens (including phenoxy) is 2. The Morgan fingerprint density at radius 1 is 1.10 bits per heavy atom. The molecule has 0 saturated heterocycles. The number of rotatable bonds is 7. The fourth-order valence-electron chi connectivity index (χ4n) is 3.00. The van der Waals surface area contributed by atoms with Crippen LogP contribution in [0.2, 0.25) is 0 Å². The molecule has 0 spiro atoms. The number of nitrogens with zero attached hydrogens (tertiary/aromatic N) is 4. The van der Waals surface area contributed by atoms with E-state index in [0.29, 0.717) is 46.2 Å². The molecule has 30 heavy (non-hydrogen) atoms. The van der Waals surface area contributed by atoms with E-state index in [1.54, 1.807) is 32.4 Å². The van der Waals surface area contributed by atoms with Crippen LogP contribution < -0.4 is 14.8 Å². The lowest BCUT2D eigenvalue weighted by atomic mass is 10.1. The Hall–Kier alpha value is -4.21. The van der Waals surface area contributed by atoms with Crippen molar-refractivity contribution in [2.24, 2.45) is 0 Å². The maximum atomic E-state index is 11.0. The Bertz CT molecular complexity index is 1220. The standard InChI is InChI=1S/C20H17N5O5/c1-28-13-4-6-15(19(9-13)29-2)18-8-14(30-24-18)10-21-20-16-5-3-12(25(26)27)7-17(16)22-11-23-20/h3-9,11H,10H2,1-2H3,(H,21,22,23). The molecule has 2 heterocycles. The molecular formula is C20H17N5O5. The van der Waals surface area contributed by atoms with E-state index >= 15 is 0 Å². The van der Waals surface area contributed by atoms with Crippen LogP contribution in [0.25, 0.3) is 22.2 Å². The van der Waals surface area contributed by atoms with Crippen molar-refractivity contribution in [2.45, 2.75) is 6.54 Å². The Morgan fingerprint density at radius 3 is 2.73 bits per heavy atom. The fraction of sp³-hybridized carbons (Fsp3) is 0.150. The zero-order valence-corrected chi connectivity index (χ0v) is 16.2. The predicted molar refractivity (Wildman–Crippen MR) is 109 cm³/mol. The van der Waals surface area contributed by atoms with Crippen molar-refractivity contribution in [3.63, 3.8) is 0 Å². The molecule has 0 aliphatic rings. The van der Waals surface area contributed by atoms with Crippen LogP contribution in [-0.2, 0) is 6.54 Å². The van der Waals surface area contributed by atoms with Gasteiger partial charge >= 0.3 is 0 Å². The number of anilines is 1. The van der Waals surface area contributed by atoms with Crippen LogP contribution in [0.4, 0.5) is 11.5 Å². The summed E-state index contributed by atoms with van der Waals surface area (Å²) in [6, 6.07) is 11.7. The Balaban J connectivity index is 1.55. The molecule has 152 valence electrons. The van der Waals surface area contributed by atoms with Gasteiger partial charge in [-0.3, -0.25) is 10.1 Å². The molecule has 10 heteroatoms. The van der Waals surface area contributed by atoms with Crippen molar-refractivity contribution < 1.29 is 18.9 Å². The van der Waals surface area contributed by atoms with Gasteiger partial charge in [0.25, 0.3) is 5.69 Å². The van der Waals surface area contributed by atoms with E-state index in [0.717, 1.165) is 5.56 Å². The summed E-state index contributed by atoms with van der Waals surface area (Å²) in [6.45, 7) is 0.314. The van der Waals surface area contributed by atoms with Gasteiger partial charge in [-0.25, -0.2) is 9.97 Å². The van der Waals surface area contributed by atoms with Gasteiger partial charge < -0.3 is 19.3 Å². The van der Waals surface area contributed by atoms with Gasteiger partial charge in [0, 0.05) is 35.2 Å². The predicted octanol–water partition coefficient (Wildman–Crippen LogP) is 3.82. The molecular weight excluding hydrogens is 390 g/mol. The second-order valence-corrected chi connectivity index (χ2v) is 6.28. The molecule has 4 rings (SSSR count). The molecule has 0 atom stereocenters. The van der Waals surface area contributed by atoms with Crippen LogP contribution in [0.1, 0.15) is 5.76 Å². The summed E-state index contributed by atoms with van der Waals surface area (Å²) >= 11 is 0. The molecule has 0 fully saturated rings. The quantitative estimate of drug-likeness (QED) is 0.359. The second-order valence-electron chi connectivity index (χ2n) is 6.28. The van der Waals surface area contributed by atoms with E-state index in [1.807, 2.05) is 12.1 Å². The summed E-state index contributed by atoms with van der Waals surface area (Å²) < 4.78 is 16.1. The van der Waals surface area contributed by atoms with Gasteiger partial charge in [0.15, 0.2) is 5.76 Å². The van der Waals surface area contributed by atoms with E-state index in [4.69, 9.17) is 14.0 Å². The topological polar surface area (TPSA) is 125 Å². The number of non-ortho nitro benzene ring substituents is 1. The third-order valence-electron chi connectivity index (χ3n) is 4.50. The molecule has 10 nitrogen and oxygen atoms in total. The lowest BCUT2D eigenvalue weighted by Gasteiger charge is -2.07. The first-order valence-corrected chi connectivity index (χ1v) is 8.90. The van der Waals surface area contributed by atoms with Crippen molar-refractivity contribution in [3.05, 3.63) is 64.7 Å². The van der Waals surface area contributed by atoms with Crippen molar-refractivity contribution in [1.82, 2.24) is 15.1 Å². The first-order chi connectivity index (χ1) is 14.6. The minimum atomic E-state index is -0.460. The average Bonchev–Trinajstić information content (AvgIpc) is 3.25. The molecule has 2 aromatic carbocycles. The number of nitro groups is 1. The summed E-state index contributed by atoms with van der Waals surface area (Å²) in [5.41, 5.74) is 1.84. The number of fused-ring (bicyclic) bond motifs is 1. The number of hydrogen-bond donors (Lipinski definition) is 1. The Kier molecular flexibility index (Phi) is 5.12. The third-order valence-corrected chi connectivity index (χ3v) is 4.50. The highest BCUT2D eigenvalue weighted by Gasteiger charge is 2.14. The zero-order valence-electron chi connectivity index (χ0n) is 16.2. The molecule has 1 N–H and O–H groups in total. The molecule has 4 aromatic rings. The summed E-state index contributed by atoms with van der Waals surface area (Å²) in [4.78, 5) is 18.8. The smallest absolute Gasteiger partial charge is 0.271 e. The first kappa shape index (κ1) is 19.1. The van der Waals surface area contributed by atoms with Gasteiger partial charge in [0.2, 0.25) is 0 Å². The highest BCUT2D eigenvalue weighted by atomic mass is 16.6.